The number of halogens is 1. The van der Waals surface area contributed by atoms with Gasteiger partial charge in [-0.1, -0.05) is 13.5 Å². The summed E-state index contributed by atoms with van der Waals surface area (Å²) >= 11 is 0. The number of esters is 1. The summed E-state index contributed by atoms with van der Waals surface area (Å²) < 4.78 is 4.93. The number of nitrogens with zero attached hydrogens (tertiary/aromatic N) is 1. The van der Waals surface area contributed by atoms with Gasteiger partial charge in [0.1, 0.15) is 0 Å². The minimum absolute atomic E-state index is 0. The Hall–Kier alpha value is -0.580. The molecule has 0 saturated carbocycles. The molecule has 84 valence electrons. The Balaban J connectivity index is 0. The van der Waals surface area contributed by atoms with Gasteiger partial charge in [0.15, 0.2) is 0 Å². The van der Waals surface area contributed by atoms with Gasteiger partial charge >= 0.3 is 12.4 Å². The van der Waals surface area contributed by atoms with Crippen LogP contribution in [-0.4, -0.2) is 42.6 Å². The van der Waals surface area contributed by atoms with E-state index in [1.54, 1.807) is 14.1 Å². The fraction of sp³-hybridized carbons (Fsp3) is 0.667. The van der Waals surface area contributed by atoms with Crippen molar-refractivity contribution in [2.75, 3.05) is 20.6 Å². The number of carbonyl (C=O) groups is 1. The van der Waals surface area contributed by atoms with Crippen LogP contribution >= 0.6 is 0 Å². The lowest BCUT2D eigenvalue weighted by molar-refractivity contribution is -0.958. The smallest absolute Gasteiger partial charge is 0.351 e. The van der Waals surface area contributed by atoms with Crippen LogP contribution in [0.5, 0.6) is 0 Å². The Morgan fingerprint density at radius 3 is 2.50 bits per heavy atom. The molecular weight excluding hydrogens is 206 g/mol. The monoisotopic (exact) mass is 223 g/mol. The summed E-state index contributed by atoms with van der Waals surface area (Å²) in [5, 5.41) is 9.49. The highest BCUT2D eigenvalue weighted by molar-refractivity contribution is 5.81. The van der Waals surface area contributed by atoms with Gasteiger partial charge in [-0.15, -0.1) is 0 Å². The number of rotatable bonds is 5. The topological polar surface area (TPSA) is 46.5 Å². The molecule has 0 aromatic heterocycles. The Labute approximate surface area is 91.2 Å². The lowest BCUT2D eigenvalue weighted by atomic mass is 10.4. The highest BCUT2D eigenvalue weighted by Gasteiger charge is 2.27. The number of aliphatic hydroxyl groups excluding tert-OH is 1. The molecule has 0 aromatic carbocycles. The summed E-state index contributed by atoms with van der Waals surface area (Å²) in [5.41, 5.74) is 0. The fourth-order valence-corrected chi connectivity index (χ4v) is 0.981. The van der Waals surface area contributed by atoms with Gasteiger partial charge in [0.25, 0.3) is 0 Å². The van der Waals surface area contributed by atoms with Crippen molar-refractivity contribution in [2.24, 2.45) is 0 Å². The van der Waals surface area contributed by atoms with Crippen LogP contribution in [-0.2, 0) is 9.53 Å². The summed E-state index contributed by atoms with van der Waals surface area (Å²) in [6, 6.07) is 0. The SMILES string of the molecule is C=CC(=O)OC(O)[N+](C)(C)CCC.[Cl-]. The second-order valence-electron chi connectivity index (χ2n) is 3.47. The minimum Gasteiger partial charge on any atom is -1.00 e. The van der Waals surface area contributed by atoms with Crippen molar-refractivity contribution in [2.45, 2.75) is 19.8 Å². The van der Waals surface area contributed by atoms with Gasteiger partial charge < -0.3 is 22.3 Å². The van der Waals surface area contributed by atoms with E-state index < -0.39 is 12.4 Å². The van der Waals surface area contributed by atoms with E-state index in [4.69, 9.17) is 0 Å². The van der Waals surface area contributed by atoms with E-state index in [1.165, 1.54) is 0 Å². The van der Waals surface area contributed by atoms with Crippen LogP contribution in [0.1, 0.15) is 13.3 Å². The number of hydrogen-bond acceptors (Lipinski definition) is 3. The van der Waals surface area contributed by atoms with Crippen LogP contribution in [0.25, 0.3) is 0 Å². The van der Waals surface area contributed by atoms with E-state index in [0.717, 1.165) is 19.0 Å². The van der Waals surface area contributed by atoms with Gasteiger partial charge in [-0.3, -0.25) is 4.48 Å². The third kappa shape index (κ3) is 5.21. The molecule has 1 N–H and O–H groups in total. The zero-order chi connectivity index (χ0) is 10.5. The first-order valence-electron chi connectivity index (χ1n) is 4.28. The zero-order valence-corrected chi connectivity index (χ0v) is 9.62. The fourth-order valence-electron chi connectivity index (χ4n) is 0.981. The maximum atomic E-state index is 10.8. The van der Waals surface area contributed by atoms with E-state index in [2.05, 4.69) is 11.3 Å². The molecule has 4 nitrogen and oxygen atoms in total. The van der Waals surface area contributed by atoms with Crippen LogP contribution in [0.2, 0.25) is 0 Å². The first kappa shape index (κ1) is 15.9. The number of ether oxygens (including phenoxy) is 1. The van der Waals surface area contributed by atoms with Gasteiger partial charge in [0.2, 0.25) is 0 Å². The van der Waals surface area contributed by atoms with E-state index >= 15 is 0 Å². The van der Waals surface area contributed by atoms with Gasteiger partial charge in [-0.25, -0.2) is 4.79 Å². The van der Waals surface area contributed by atoms with E-state index in [-0.39, 0.29) is 16.9 Å². The molecule has 0 rings (SSSR count). The lowest BCUT2D eigenvalue weighted by Gasteiger charge is -2.32. The number of carbonyl (C=O) groups excluding carboxylic acids is 1. The van der Waals surface area contributed by atoms with Crippen molar-refractivity contribution in [3.8, 4) is 0 Å². The predicted molar refractivity (Wildman–Crippen MR) is 49.6 cm³/mol. The summed E-state index contributed by atoms with van der Waals surface area (Å²) in [6.45, 7) is 5.99. The molecule has 0 saturated heterocycles. The molecule has 0 spiro atoms. The maximum absolute atomic E-state index is 10.8. The molecule has 1 atom stereocenters. The summed E-state index contributed by atoms with van der Waals surface area (Å²) in [4.78, 5) is 10.8. The molecule has 5 heteroatoms. The number of aliphatic hydroxyl groups is 1. The molecule has 0 heterocycles. The second-order valence-corrected chi connectivity index (χ2v) is 3.47. The molecule has 14 heavy (non-hydrogen) atoms. The van der Waals surface area contributed by atoms with E-state index in [9.17, 15) is 9.90 Å². The largest absolute Gasteiger partial charge is 1.00 e. The summed E-state index contributed by atoms with van der Waals surface area (Å²) in [6.07, 6.45) is 0.829. The summed E-state index contributed by atoms with van der Waals surface area (Å²) in [5.74, 6) is -0.602. The van der Waals surface area contributed by atoms with E-state index in [1.807, 2.05) is 6.92 Å². The molecule has 0 amide bonds. The van der Waals surface area contributed by atoms with Gasteiger partial charge in [-0.05, 0) is 6.42 Å². The minimum atomic E-state index is -1.12. The Kier molecular flexibility index (Phi) is 7.72. The quantitative estimate of drug-likeness (QED) is 0.242. The van der Waals surface area contributed by atoms with Crippen LogP contribution in [0.4, 0.5) is 0 Å². The Morgan fingerprint density at radius 2 is 2.14 bits per heavy atom. The molecule has 0 aliphatic rings. The standard InChI is InChI=1S/C9H18NO3.ClH/c1-5-7-10(3,4)9(12)13-8(11)6-2;/h6,9,12H,2,5,7H2,1,3-4H3;1H/q+1;/p-1. The maximum Gasteiger partial charge on any atom is 0.351 e. The highest BCUT2D eigenvalue weighted by atomic mass is 35.5. The van der Waals surface area contributed by atoms with Crippen molar-refractivity contribution >= 4 is 5.97 Å². The van der Waals surface area contributed by atoms with Crippen molar-refractivity contribution in [3.05, 3.63) is 12.7 Å². The Morgan fingerprint density at radius 1 is 1.64 bits per heavy atom. The van der Waals surface area contributed by atoms with Gasteiger partial charge in [0.05, 0.1) is 20.6 Å². The lowest BCUT2D eigenvalue weighted by Crippen LogP contribution is -3.00. The van der Waals surface area contributed by atoms with Crippen molar-refractivity contribution < 1.29 is 31.5 Å². The summed E-state index contributed by atoms with van der Waals surface area (Å²) in [7, 11) is 3.59. The number of quaternary nitrogens is 1. The van der Waals surface area contributed by atoms with E-state index in [0.29, 0.717) is 0 Å². The van der Waals surface area contributed by atoms with Crippen LogP contribution in [0, 0.1) is 0 Å². The Bertz CT molecular complexity index is 194. The third-order valence-electron chi connectivity index (χ3n) is 1.79. The molecule has 0 radical (unpaired) electrons. The average Bonchev–Trinajstić information content (AvgIpc) is 2.04. The van der Waals surface area contributed by atoms with Gasteiger partial charge in [-0.2, -0.15) is 0 Å². The molecule has 0 aromatic rings. The van der Waals surface area contributed by atoms with Gasteiger partial charge in [0, 0.05) is 6.08 Å². The molecule has 1 unspecified atom stereocenters. The number of hydrogen-bond donors (Lipinski definition) is 1. The third-order valence-corrected chi connectivity index (χ3v) is 1.79. The molecule has 0 fully saturated rings. The van der Waals surface area contributed by atoms with Crippen molar-refractivity contribution in [3.63, 3.8) is 0 Å². The van der Waals surface area contributed by atoms with Crippen molar-refractivity contribution in [1.29, 1.82) is 0 Å². The molecule has 0 aliphatic carbocycles. The first-order valence-corrected chi connectivity index (χ1v) is 4.28. The predicted octanol–water partition coefficient (Wildman–Crippen LogP) is -2.52. The van der Waals surface area contributed by atoms with Crippen molar-refractivity contribution in [1.82, 2.24) is 0 Å². The van der Waals surface area contributed by atoms with Crippen LogP contribution < -0.4 is 12.4 Å². The van der Waals surface area contributed by atoms with Crippen LogP contribution in [0.3, 0.4) is 0 Å². The van der Waals surface area contributed by atoms with Crippen LogP contribution in [0.15, 0.2) is 12.7 Å². The molecule has 0 aliphatic heterocycles. The second kappa shape index (κ2) is 6.81. The first-order chi connectivity index (χ1) is 5.94. The highest BCUT2D eigenvalue weighted by Crippen LogP contribution is 2.07. The normalized spacial score (nSPS) is 12.6. The molecule has 0 bridgehead atoms. The average molecular weight is 224 g/mol. The zero-order valence-electron chi connectivity index (χ0n) is 8.86. The molecular formula is C9H18ClNO3.